The third-order valence-electron chi connectivity index (χ3n) is 2.36. The number of rotatable bonds is 1. The van der Waals surface area contributed by atoms with Crippen LogP contribution in [0.4, 0.5) is 0 Å². The predicted molar refractivity (Wildman–Crippen MR) is 67.1 cm³/mol. The first-order chi connectivity index (χ1) is 7.72. The van der Waals surface area contributed by atoms with Gasteiger partial charge in [-0.1, -0.05) is 23.2 Å². The molecule has 3 aromatic rings. The van der Waals surface area contributed by atoms with E-state index in [0.717, 1.165) is 21.7 Å². The summed E-state index contributed by atoms with van der Waals surface area (Å²) in [6.07, 6.45) is 0. The molecule has 4 heteroatoms. The van der Waals surface area contributed by atoms with E-state index in [9.17, 15) is 0 Å². The van der Waals surface area contributed by atoms with Crippen molar-refractivity contribution in [2.24, 2.45) is 0 Å². The molecule has 1 aromatic carbocycles. The molecule has 0 saturated carbocycles. The summed E-state index contributed by atoms with van der Waals surface area (Å²) >= 11 is 7.28. The molecule has 0 atom stereocenters. The van der Waals surface area contributed by atoms with Crippen molar-refractivity contribution in [2.45, 2.75) is 6.92 Å². The van der Waals surface area contributed by atoms with Crippen LogP contribution >= 0.6 is 22.9 Å². The minimum absolute atomic E-state index is 0.511. The number of fused-ring (bicyclic) bond motifs is 1. The first kappa shape index (κ1) is 9.87. The number of hydrogen-bond acceptors (Lipinski definition) is 3. The van der Waals surface area contributed by atoms with Crippen molar-refractivity contribution in [3.63, 3.8) is 0 Å². The van der Waals surface area contributed by atoms with Crippen LogP contribution in [0.2, 0.25) is 5.15 Å². The van der Waals surface area contributed by atoms with Gasteiger partial charge in [0.05, 0.1) is 0 Å². The van der Waals surface area contributed by atoms with E-state index in [1.807, 2.05) is 18.2 Å². The van der Waals surface area contributed by atoms with Gasteiger partial charge in [0.1, 0.15) is 10.7 Å². The standard InChI is InChI=1S/C12H8ClNOS/c1-7-2-3-9-8(4-7)5-10(15-9)12-14-11(13)6-16-12/h2-6H,1H3. The average Bonchev–Trinajstić information content (AvgIpc) is 2.83. The van der Waals surface area contributed by atoms with Crippen molar-refractivity contribution < 1.29 is 4.42 Å². The number of hydrogen-bond donors (Lipinski definition) is 0. The van der Waals surface area contributed by atoms with Gasteiger partial charge in [-0.15, -0.1) is 11.3 Å². The van der Waals surface area contributed by atoms with E-state index in [4.69, 9.17) is 16.0 Å². The van der Waals surface area contributed by atoms with Gasteiger partial charge < -0.3 is 4.42 Å². The van der Waals surface area contributed by atoms with Crippen molar-refractivity contribution in [3.8, 4) is 10.8 Å². The molecule has 2 nitrogen and oxygen atoms in total. The summed E-state index contributed by atoms with van der Waals surface area (Å²) in [5.41, 5.74) is 2.10. The van der Waals surface area contributed by atoms with Crippen molar-refractivity contribution in [1.29, 1.82) is 0 Å². The van der Waals surface area contributed by atoms with Crippen molar-refractivity contribution in [3.05, 3.63) is 40.4 Å². The zero-order valence-corrected chi connectivity index (χ0v) is 10.1. The van der Waals surface area contributed by atoms with E-state index >= 15 is 0 Å². The number of halogens is 1. The van der Waals surface area contributed by atoms with Gasteiger partial charge >= 0.3 is 0 Å². The zero-order chi connectivity index (χ0) is 11.1. The Bertz CT molecular complexity index is 656. The third kappa shape index (κ3) is 1.62. The second-order valence-electron chi connectivity index (χ2n) is 3.63. The second-order valence-corrected chi connectivity index (χ2v) is 4.87. The number of furan rings is 1. The van der Waals surface area contributed by atoms with Crippen LogP contribution in [0.25, 0.3) is 21.7 Å². The molecule has 0 fully saturated rings. The van der Waals surface area contributed by atoms with Crippen molar-refractivity contribution in [1.82, 2.24) is 4.98 Å². The molecule has 2 aromatic heterocycles. The van der Waals surface area contributed by atoms with Gasteiger partial charge in [0.25, 0.3) is 0 Å². The number of nitrogens with zero attached hydrogens (tertiary/aromatic N) is 1. The lowest BCUT2D eigenvalue weighted by Gasteiger charge is -1.89. The fraction of sp³-hybridized carbons (Fsp3) is 0.0833. The molecule has 0 bridgehead atoms. The molecule has 0 aliphatic rings. The molecule has 16 heavy (non-hydrogen) atoms. The van der Waals surface area contributed by atoms with Crippen LogP contribution in [0.5, 0.6) is 0 Å². The van der Waals surface area contributed by atoms with Gasteiger partial charge in [0, 0.05) is 10.8 Å². The van der Waals surface area contributed by atoms with Crippen LogP contribution < -0.4 is 0 Å². The van der Waals surface area contributed by atoms with Crippen LogP contribution in [0.15, 0.2) is 34.1 Å². The van der Waals surface area contributed by atoms with Crippen molar-refractivity contribution >= 4 is 33.9 Å². The molecule has 0 amide bonds. The summed E-state index contributed by atoms with van der Waals surface area (Å²) in [4.78, 5) is 4.19. The molecular formula is C12H8ClNOS. The highest BCUT2D eigenvalue weighted by molar-refractivity contribution is 7.13. The Hall–Kier alpha value is -1.32. The molecular weight excluding hydrogens is 242 g/mol. The number of aryl methyl sites for hydroxylation is 1. The molecule has 0 saturated heterocycles. The highest BCUT2D eigenvalue weighted by atomic mass is 35.5. The van der Waals surface area contributed by atoms with Gasteiger partial charge in [-0.05, 0) is 25.1 Å². The van der Waals surface area contributed by atoms with Gasteiger partial charge in [0.15, 0.2) is 10.8 Å². The Balaban J connectivity index is 2.18. The lowest BCUT2D eigenvalue weighted by molar-refractivity contribution is 0.631. The monoisotopic (exact) mass is 249 g/mol. The molecule has 0 radical (unpaired) electrons. The minimum Gasteiger partial charge on any atom is -0.454 e. The van der Waals surface area contributed by atoms with Gasteiger partial charge in [-0.25, -0.2) is 4.98 Å². The van der Waals surface area contributed by atoms with Gasteiger partial charge in [-0.2, -0.15) is 0 Å². The molecule has 0 unspecified atom stereocenters. The predicted octanol–water partition coefficient (Wildman–Crippen LogP) is 4.52. The Labute approximate surface area is 101 Å². The number of benzene rings is 1. The Morgan fingerprint density at radius 2 is 2.19 bits per heavy atom. The molecule has 0 aliphatic carbocycles. The van der Waals surface area contributed by atoms with Gasteiger partial charge in [-0.3, -0.25) is 0 Å². The maximum absolute atomic E-state index is 5.79. The molecule has 2 heterocycles. The van der Waals surface area contributed by atoms with E-state index in [0.29, 0.717) is 5.15 Å². The quantitative estimate of drug-likeness (QED) is 0.634. The highest BCUT2D eigenvalue weighted by Crippen LogP contribution is 2.31. The maximum atomic E-state index is 5.79. The Kier molecular flexibility index (Phi) is 2.23. The minimum atomic E-state index is 0.511. The van der Waals surface area contributed by atoms with Crippen molar-refractivity contribution in [2.75, 3.05) is 0 Å². The molecule has 0 aliphatic heterocycles. The van der Waals surface area contributed by atoms with E-state index in [2.05, 4.69) is 18.0 Å². The first-order valence-electron chi connectivity index (χ1n) is 4.84. The largest absolute Gasteiger partial charge is 0.454 e. The molecule has 3 rings (SSSR count). The normalized spacial score (nSPS) is 11.1. The SMILES string of the molecule is Cc1ccc2oc(-c3nc(Cl)cs3)cc2c1. The Morgan fingerprint density at radius 1 is 1.31 bits per heavy atom. The Morgan fingerprint density at radius 3 is 2.94 bits per heavy atom. The fourth-order valence-corrected chi connectivity index (χ4v) is 2.53. The first-order valence-corrected chi connectivity index (χ1v) is 6.10. The second kappa shape index (κ2) is 3.61. The van der Waals surface area contributed by atoms with E-state index in [1.165, 1.54) is 16.9 Å². The number of aromatic nitrogens is 1. The van der Waals surface area contributed by atoms with E-state index < -0.39 is 0 Å². The van der Waals surface area contributed by atoms with Crippen LogP contribution in [-0.4, -0.2) is 4.98 Å². The van der Waals surface area contributed by atoms with Gasteiger partial charge in [0.2, 0.25) is 0 Å². The third-order valence-corrected chi connectivity index (χ3v) is 3.54. The van der Waals surface area contributed by atoms with Crippen LogP contribution in [0, 0.1) is 6.92 Å². The van der Waals surface area contributed by atoms with Crippen LogP contribution in [-0.2, 0) is 0 Å². The summed E-state index contributed by atoms with van der Waals surface area (Å²) in [5, 5.41) is 4.23. The van der Waals surface area contributed by atoms with Crippen LogP contribution in [0.1, 0.15) is 5.56 Å². The summed E-state index contributed by atoms with van der Waals surface area (Å²) in [7, 11) is 0. The average molecular weight is 250 g/mol. The summed E-state index contributed by atoms with van der Waals surface area (Å²) in [6, 6.07) is 8.10. The summed E-state index contributed by atoms with van der Waals surface area (Å²) in [6.45, 7) is 2.06. The van der Waals surface area contributed by atoms with E-state index in [-0.39, 0.29) is 0 Å². The molecule has 80 valence electrons. The number of thiazole rings is 1. The summed E-state index contributed by atoms with van der Waals surface area (Å²) in [5.74, 6) is 0.775. The topological polar surface area (TPSA) is 26.0 Å². The molecule has 0 N–H and O–H groups in total. The van der Waals surface area contributed by atoms with E-state index in [1.54, 1.807) is 5.38 Å². The lowest BCUT2D eigenvalue weighted by atomic mass is 10.2. The smallest absolute Gasteiger partial charge is 0.164 e. The highest BCUT2D eigenvalue weighted by Gasteiger charge is 2.09. The zero-order valence-electron chi connectivity index (χ0n) is 8.53. The summed E-state index contributed by atoms with van der Waals surface area (Å²) < 4.78 is 5.71. The fourth-order valence-electron chi connectivity index (χ4n) is 1.64. The maximum Gasteiger partial charge on any atom is 0.164 e. The van der Waals surface area contributed by atoms with Crippen LogP contribution in [0.3, 0.4) is 0 Å². The molecule has 0 spiro atoms. The lowest BCUT2D eigenvalue weighted by Crippen LogP contribution is -1.68.